The van der Waals surface area contributed by atoms with E-state index < -0.39 is 10.0 Å². The van der Waals surface area contributed by atoms with Crippen molar-refractivity contribution in [2.75, 3.05) is 11.9 Å². The van der Waals surface area contributed by atoms with Crippen LogP contribution in [0.15, 0.2) is 81.0 Å². The number of carbonyl (C=O) groups is 1. The van der Waals surface area contributed by atoms with Gasteiger partial charge in [0.15, 0.2) is 0 Å². The van der Waals surface area contributed by atoms with Crippen LogP contribution in [-0.4, -0.2) is 26.7 Å². The summed E-state index contributed by atoms with van der Waals surface area (Å²) in [5.74, 6) is 1.73. The molecule has 160 valence electrons. The Balaban J connectivity index is 1.35. The van der Waals surface area contributed by atoms with E-state index in [0.29, 0.717) is 36.7 Å². The lowest BCUT2D eigenvalue weighted by Crippen LogP contribution is -2.29. The van der Waals surface area contributed by atoms with Gasteiger partial charge in [-0.2, -0.15) is 0 Å². The number of benzene rings is 2. The summed E-state index contributed by atoms with van der Waals surface area (Å²) in [4.78, 5) is 16.6. The van der Waals surface area contributed by atoms with Crippen LogP contribution in [0.2, 0.25) is 0 Å². The SMILES string of the molecule is O=C(CCc1ccc(-c2ccccc2)o1)Nc1cccc(S(=O)(=O)NC2=NCCC2)c1. The van der Waals surface area contributed by atoms with E-state index in [9.17, 15) is 13.2 Å². The van der Waals surface area contributed by atoms with Gasteiger partial charge in [-0.1, -0.05) is 36.4 Å². The van der Waals surface area contributed by atoms with Crippen LogP contribution in [0.5, 0.6) is 0 Å². The first-order valence-electron chi connectivity index (χ1n) is 10.1. The van der Waals surface area contributed by atoms with E-state index in [1.54, 1.807) is 12.1 Å². The monoisotopic (exact) mass is 437 g/mol. The molecular formula is C23H23N3O4S. The summed E-state index contributed by atoms with van der Waals surface area (Å²) in [5, 5.41) is 2.75. The number of rotatable bonds is 7. The summed E-state index contributed by atoms with van der Waals surface area (Å²) < 4.78 is 33.4. The molecule has 0 atom stereocenters. The first kappa shape index (κ1) is 20.9. The predicted octanol–water partition coefficient (Wildman–Crippen LogP) is 3.99. The molecule has 0 saturated carbocycles. The zero-order valence-electron chi connectivity index (χ0n) is 16.9. The minimum absolute atomic E-state index is 0.0819. The smallest absolute Gasteiger partial charge is 0.262 e. The third kappa shape index (κ3) is 5.40. The summed E-state index contributed by atoms with van der Waals surface area (Å²) >= 11 is 0. The molecule has 0 radical (unpaired) electrons. The summed E-state index contributed by atoms with van der Waals surface area (Å²) in [6.07, 6.45) is 2.12. The fraction of sp³-hybridized carbons (Fsp3) is 0.217. The van der Waals surface area contributed by atoms with E-state index in [4.69, 9.17) is 4.42 Å². The molecule has 0 spiro atoms. The molecule has 0 unspecified atom stereocenters. The van der Waals surface area contributed by atoms with Crippen LogP contribution in [0.3, 0.4) is 0 Å². The molecule has 2 N–H and O–H groups in total. The zero-order chi connectivity index (χ0) is 21.7. The Hall–Kier alpha value is -3.39. The van der Waals surface area contributed by atoms with Gasteiger partial charge in [-0.05, 0) is 36.8 Å². The second kappa shape index (κ2) is 9.18. The molecule has 1 aliphatic heterocycles. The predicted molar refractivity (Wildman–Crippen MR) is 119 cm³/mol. The van der Waals surface area contributed by atoms with Crippen LogP contribution in [0.4, 0.5) is 5.69 Å². The lowest BCUT2D eigenvalue weighted by molar-refractivity contribution is -0.116. The Kier molecular flexibility index (Phi) is 6.18. The van der Waals surface area contributed by atoms with Gasteiger partial charge < -0.3 is 9.73 Å². The van der Waals surface area contributed by atoms with Gasteiger partial charge in [-0.3, -0.25) is 14.5 Å². The van der Waals surface area contributed by atoms with Gasteiger partial charge in [0, 0.05) is 37.1 Å². The maximum absolute atomic E-state index is 12.5. The summed E-state index contributed by atoms with van der Waals surface area (Å²) in [6, 6.07) is 19.7. The van der Waals surface area contributed by atoms with Gasteiger partial charge in [0.2, 0.25) is 5.91 Å². The summed E-state index contributed by atoms with van der Waals surface area (Å²) in [6.45, 7) is 0.635. The van der Waals surface area contributed by atoms with Crippen molar-refractivity contribution in [3.63, 3.8) is 0 Å². The molecule has 2 heterocycles. The first-order chi connectivity index (χ1) is 15.0. The number of sulfonamides is 1. The Morgan fingerprint density at radius 1 is 1.03 bits per heavy atom. The highest BCUT2D eigenvalue weighted by Gasteiger charge is 2.19. The van der Waals surface area contributed by atoms with Gasteiger partial charge in [-0.25, -0.2) is 8.42 Å². The van der Waals surface area contributed by atoms with E-state index in [1.807, 2.05) is 42.5 Å². The quantitative estimate of drug-likeness (QED) is 0.584. The Morgan fingerprint density at radius 3 is 2.65 bits per heavy atom. The molecule has 0 aliphatic carbocycles. The topological polar surface area (TPSA) is 101 Å². The number of hydrogen-bond acceptors (Lipinski definition) is 5. The van der Waals surface area contributed by atoms with E-state index in [1.165, 1.54) is 12.1 Å². The number of amidine groups is 1. The average Bonchev–Trinajstić information content (AvgIpc) is 3.45. The fourth-order valence-corrected chi connectivity index (χ4v) is 4.44. The number of aryl methyl sites for hydroxylation is 1. The van der Waals surface area contributed by atoms with Crippen LogP contribution in [0.1, 0.15) is 25.0 Å². The third-order valence-corrected chi connectivity index (χ3v) is 6.25. The molecule has 3 aromatic rings. The number of amides is 1. The van der Waals surface area contributed by atoms with Crippen molar-refractivity contribution in [1.29, 1.82) is 0 Å². The number of anilines is 1. The summed E-state index contributed by atoms with van der Waals surface area (Å²) in [5.41, 5.74) is 1.40. The van der Waals surface area contributed by atoms with Crippen LogP contribution in [-0.2, 0) is 21.2 Å². The molecule has 0 saturated heterocycles. The number of furan rings is 1. The van der Waals surface area contributed by atoms with Crippen molar-refractivity contribution < 1.29 is 17.6 Å². The minimum atomic E-state index is -3.73. The molecule has 7 nitrogen and oxygen atoms in total. The van der Waals surface area contributed by atoms with Crippen molar-refractivity contribution in [3.05, 3.63) is 72.5 Å². The number of hydrogen-bond donors (Lipinski definition) is 2. The largest absolute Gasteiger partial charge is 0.461 e. The van der Waals surface area contributed by atoms with E-state index in [-0.39, 0.29) is 17.2 Å². The fourth-order valence-electron chi connectivity index (χ4n) is 3.31. The average molecular weight is 438 g/mol. The Morgan fingerprint density at radius 2 is 1.87 bits per heavy atom. The molecular weight excluding hydrogens is 414 g/mol. The van der Waals surface area contributed by atoms with Crippen LogP contribution in [0, 0.1) is 0 Å². The lowest BCUT2D eigenvalue weighted by Gasteiger charge is -2.10. The molecule has 2 aromatic carbocycles. The summed E-state index contributed by atoms with van der Waals surface area (Å²) in [7, 11) is -3.73. The van der Waals surface area contributed by atoms with Gasteiger partial charge in [0.1, 0.15) is 17.4 Å². The van der Waals surface area contributed by atoms with Crippen molar-refractivity contribution in [1.82, 2.24) is 4.72 Å². The highest BCUT2D eigenvalue weighted by Crippen LogP contribution is 2.23. The first-order valence-corrected chi connectivity index (χ1v) is 11.6. The van der Waals surface area contributed by atoms with E-state index in [0.717, 1.165) is 17.7 Å². The zero-order valence-corrected chi connectivity index (χ0v) is 17.7. The minimum Gasteiger partial charge on any atom is -0.461 e. The number of nitrogens with one attached hydrogen (secondary N) is 2. The molecule has 0 fully saturated rings. The van der Waals surface area contributed by atoms with Crippen molar-refractivity contribution in [3.8, 4) is 11.3 Å². The number of nitrogens with zero attached hydrogens (tertiary/aromatic N) is 1. The number of aliphatic imine (C=N–C) groups is 1. The van der Waals surface area contributed by atoms with Gasteiger partial charge in [-0.15, -0.1) is 0 Å². The molecule has 1 aliphatic rings. The third-order valence-electron chi connectivity index (χ3n) is 4.87. The van der Waals surface area contributed by atoms with Crippen molar-refractivity contribution >= 4 is 27.5 Å². The van der Waals surface area contributed by atoms with Gasteiger partial charge in [0.25, 0.3) is 10.0 Å². The molecule has 8 heteroatoms. The molecule has 1 amide bonds. The highest BCUT2D eigenvalue weighted by molar-refractivity contribution is 7.90. The maximum atomic E-state index is 12.5. The number of carbonyl (C=O) groups excluding carboxylic acids is 1. The van der Waals surface area contributed by atoms with Gasteiger partial charge >= 0.3 is 0 Å². The van der Waals surface area contributed by atoms with Crippen LogP contribution >= 0.6 is 0 Å². The van der Waals surface area contributed by atoms with E-state index in [2.05, 4.69) is 15.0 Å². The molecule has 4 rings (SSSR count). The normalized spacial score (nSPS) is 13.6. The molecule has 1 aromatic heterocycles. The lowest BCUT2D eigenvalue weighted by atomic mass is 10.2. The van der Waals surface area contributed by atoms with Crippen LogP contribution < -0.4 is 10.0 Å². The van der Waals surface area contributed by atoms with E-state index >= 15 is 0 Å². The standard InChI is InChI=1S/C23H23N3O4S/c27-23(14-12-19-11-13-21(30-19)17-6-2-1-3-7-17)25-18-8-4-9-20(16-18)31(28,29)26-22-10-5-15-24-22/h1-4,6-9,11,13,16H,5,10,12,14-15H2,(H,24,26)(H,25,27). The second-order valence-electron chi connectivity index (χ2n) is 7.25. The maximum Gasteiger partial charge on any atom is 0.262 e. The van der Waals surface area contributed by atoms with Gasteiger partial charge in [0.05, 0.1) is 4.90 Å². The Bertz CT molecular complexity index is 1200. The van der Waals surface area contributed by atoms with Crippen LogP contribution in [0.25, 0.3) is 11.3 Å². The second-order valence-corrected chi connectivity index (χ2v) is 8.93. The van der Waals surface area contributed by atoms with Crippen molar-refractivity contribution in [2.24, 2.45) is 4.99 Å². The van der Waals surface area contributed by atoms with Crippen molar-refractivity contribution in [2.45, 2.75) is 30.6 Å². The highest BCUT2D eigenvalue weighted by atomic mass is 32.2. The molecule has 0 bridgehead atoms. The molecule has 31 heavy (non-hydrogen) atoms. The Labute approximate surface area is 181 Å².